The van der Waals surface area contributed by atoms with Gasteiger partial charge in [-0.05, 0) is 38.4 Å². The highest BCUT2D eigenvalue weighted by Crippen LogP contribution is 2.38. The van der Waals surface area contributed by atoms with Gasteiger partial charge in [0.2, 0.25) is 10.0 Å². The SMILES string of the molecule is Cc1ccc(S(=O)(=O)N2[C@H](CN=[N+]=[N-])[C@@H](/C=C/CO)OC2(C)C)cc1. The van der Waals surface area contributed by atoms with Crippen LogP contribution < -0.4 is 0 Å². The lowest BCUT2D eigenvalue weighted by Gasteiger charge is -2.32. The van der Waals surface area contributed by atoms with Gasteiger partial charge in [0.1, 0.15) is 5.72 Å². The summed E-state index contributed by atoms with van der Waals surface area (Å²) in [5, 5.41) is 12.5. The maximum absolute atomic E-state index is 13.2. The van der Waals surface area contributed by atoms with E-state index in [9.17, 15) is 8.42 Å². The third-order valence-corrected chi connectivity index (χ3v) is 6.07. The second-order valence-corrected chi connectivity index (χ2v) is 8.05. The van der Waals surface area contributed by atoms with Crippen LogP contribution in [-0.4, -0.2) is 48.9 Å². The highest BCUT2D eigenvalue weighted by molar-refractivity contribution is 7.89. The molecule has 0 aliphatic carbocycles. The van der Waals surface area contributed by atoms with Crippen molar-refractivity contribution in [1.29, 1.82) is 0 Å². The topological polar surface area (TPSA) is 116 Å². The first kappa shape index (κ1) is 19.4. The Hall–Kier alpha value is -1.90. The smallest absolute Gasteiger partial charge is 0.245 e. The van der Waals surface area contributed by atoms with Crippen molar-refractivity contribution in [3.8, 4) is 0 Å². The van der Waals surface area contributed by atoms with Crippen molar-refractivity contribution in [3.63, 3.8) is 0 Å². The van der Waals surface area contributed by atoms with E-state index < -0.39 is 27.9 Å². The zero-order valence-corrected chi connectivity index (χ0v) is 15.2. The zero-order valence-electron chi connectivity index (χ0n) is 14.4. The first-order valence-electron chi connectivity index (χ1n) is 7.81. The highest BCUT2D eigenvalue weighted by Gasteiger charge is 2.52. The van der Waals surface area contributed by atoms with E-state index in [0.29, 0.717) is 0 Å². The molecule has 2 atom stereocenters. The third kappa shape index (κ3) is 4.02. The van der Waals surface area contributed by atoms with Crippen LogP contribution in [0.5, 0.6) is 0 Å². The Morgan fingerprint density at radius 3 is 2.60 bits per heavy atom. The predicted molar refractivity (Wildman–Crippen MR) is 93.2 cm³/mol. The molecule has 0 saturated carbocycles. The van der Waals surface area contributed by atoms with Crippen molar-refractivity contribution in [1.82, 2.24) is 4.31 Å². The standard InChI is InChI=1S/C16H22N4O4S/c1-12-6-8-13(9-7-12)25(22,23)20-14(11-18-19-17)15(5-4-10-21)24-16(20,2)3/h4-9,14-15,21H,10-11H2,1-3H3/b5-4+/t14-,15-/m1/s1. The van der Waals surface area contributed by atoms with Crippen LogP contribution in [0.25, 0.3) is 10.4 Å². The van der Waals surface area contributed by atoms with Crippen LogP contribution in [0.3, 0.4) is 0 Å². The Morgan fingerprint density at radius 1 is 1.40 bits per heavy atom. The van der Waals surface area contributed by atoms with E-state index in [1.54, 1.807) is 44.2 Å². The number of aryl methyl sites for hydroxylation is 1. The molecule has 1 aliphatic rings. The molecule has 1 aromatic carbocycles. The van der Waals surface area contributed by atoms with Crippen LogP contribution in [0.4, 0.5) is 0 Å². The number of azide groups is 1. The van der Waals surface area contributed by atoms with Gasteiger partial charge in [-0.25, -0.2) is 8.42 Å². The monoisotopic (exact) mass is 366 g/mol. The molecule has 1 fully saturated rings. The molecule has 0 radical (unpaired) electrons. The fraction of sp³-hybridized carbons (Fsp3) is 0.500. The number of ether oxygens (including phenoxy) is 1. The van der Waals surface area contributed by atoms with Crippen LogP contribution in [0.15, 0.2) is 46.4 Å². The summed E-state index contributed by atoms with van der Waals surface area (Å²) in [6.07, 6.45) is 2.43. The molecule has 1 N–H and O–H groups in total. The van der Waals surface area contributed by atoms with Gasteiger partial charge in [0, 0.05) is 11.5 Å². The van der Waals surface area contributed by atoms with Crippen molar-refractivity contribution in [3.05, 3.63) is 52.4 Å². The van der Waals surface area contributed by atoms with E-state index in [4.69, 9.17) is 15.4 Å². The molecule has 0 amide bonds. The highest BCUT2D eigenvalue weighted by atomic mass is 32.2. The number of rotatable bonds is 6. The maximum Gasteiger partial charge on any atom is 0.245 e. The molecule has 1 aromatic rings. The van der Waals surface area contributed by atoms with Gasteiger partial charge in [-0.2, -0.15) is 4.31 Å². The molecule has 1 saturated heterocycles. The van der Waals surface area contributed by atoms with Gasteiger partial charge < -0.3 is 9.84 Å². The second kappa shape index (κ2) is 7.55. The summed E-state index contributed by atoms with van der Waals surface area (Å²) >= 11 is 0. The molecule has 8 nitrogen and oxygen atoms in total. The molecule has 1 aliphatic heterocycles. The summed E-state index contributed by atoms with van der Waals surface area (Å²) in [5.41, 5.74) is 8.46. The number of aliphatic hydroxyl groups is 1. The van der Waals surface area contributed by atoms with Gasteiger partial charge in [0.05, 0.1) is 23.6 Å². The number of nitrogens with zero attached hydrogens (tertiary/aromatic N) is 4. The van der Waals surface area contributed by atoms with Crippen LogP contribution in [-0.2, 0) is 14.8 Å². The molecular weight excluding hydrogens is 344 g/mol. The van der Waals surface area contributed by atoms with E-state index in [0.717, 1.165) is 5.56 Å². The van der Waals surface area contributed by atoms with Gasteiger partial charge in [-0.1, -0.05) is 35.0 Å². The van der Waals surface area contributed by atoms with E-state index in [-0.39, 0.29) is 18.0 Å². The Morgan fingerprint density at radius 2 is 2.04 bits per heavy atom. The lowest BCUT2D eigenvalue weighted by molar-refractivity contribution is -0.0359. The minimum atomic E-state index is -3.87. The minimum absolute atomic E-state index is 0.0779. The molecule has 0 aromatic heterocycles. The second-order valence-electron chi connectivity index (χ2n) is 6.23. The number of hydrogen-bond acceptors (Lipinski definition) is 5. The van der Waals surface area contributed by atoms with Crippen molar-refractivity contribution in [2.75, 3.05) is 13.2 Å². The quantitative estimate of drug-likeness (QED) is 0.360. The number of sulfonamides is 1. The fourth-order valence-corrected chi connectivity index (χ4v) is 4.82. The van der Waals surface area contributed by atoms with Crippen LogP contribution in [0, 0.1) is 6.92 Å². The molecule has 2 rings (SSSR count). The average Bonchev–Trinajstić information content (AvgIpc) is 2.81. The van der Waals surface area contributed by atoms with Gasteiger partial charge >= 0.3 is 0 Å². The van der Waals surface area contributed by atoms with E-state index >= 15 is 0 Å². The molecule has 136 valence electrons. The number of hydrogen-bond donors (Lipinski definition) is 1. The largest absolute Gasteiger partial charge is 0.392 e. The van der Waals surface area contributed by atoms with Crippen molar-refractivity contribution in [2.45, 2.75) is 43.5 Å². The van der Waals surface area contributed by atoms with Crippen LogP contribution in [0.2, 0.25) is 0 Å². The number of aliphatic hydroxyl groups excluding tert-OH is 1. The fourth-order valence-electron chi connectivity index (χ4n) is 2.95. The van der Waals surface area contributed by atoms with Crippen molar-refractivity contribution >= 4 is 10.0 Å². The molecule has 0 spiro atoms. The summed E-state index contributed by atoms with van der Waals surface area (Å²) in [7, 11) is -3.87. The third-order valence-electron chi connectivity index (χ3n) is 3.98. The van der Waals surface area contributed by atoms with Gasteiger partial charge in [0.25, 0.3) is 0 Å². The molecule has 1 heterocycles. The zero-order chi connectivity index (χ0) is 18.7. The summed E-state index contributed by atoms with van der Waals surface area (Å²) in [6, 6.07) is 5.83. The van der Waals surface area contributed by atoms with Crippen LogP contribution in [0.1, 0.15) is 19.4 Å². The Balaban J connectivity index is 2.51. The molecule has 25 heavy (non-hydrogen) atoms. The lowest BCUT2D eigenvalue weighted by Crippen LogP contribution is -2.49. The summed E-state index contributed by atoms with van der Waals surface area (Å²) in [5.74, 6) is 0. The predicted octanol–water partition coefficient (Wildman–Crippen LogP) is 2.35. The van der Waals surface area contributed by atoms with Crippen LogP contribution >= 0.6 is 0 Å². The summed E-state index contributed by atoms with van der Waals surface area (Å²) in [6.45, 7) is 4.90. The first-order chi connectivity index (χ1) is 11.7. The number of benzene rings is 1. The summed E-state index contributed by atoms with van der Waals surface area (Å²) in [4.78, 5) is 2.88. The van der Waals surface area contributed by atoms with E-state index in [1.165, 1.54) is 10.4 Å². The van der Waals surface area contributed by atoms with E-state index in [2.05, 4.69) is 10.0 Å². The normalized spacial score (nSPS) is 23.7. The van der Waals surface area contributed by atoms with E-state index in [1.807, 2.05) is 6.92 Å². The molecule has 0 bridgehead atoms. The molecule has 0 unspecified atom stereocenters. The van der Waals surface area contributed by atoms with Gasteiger partial charge in [-0.3, -0.25) is 0 Å². The van der Waals surface area contributed by atoms with Gasteiger partial charge in [-0.15, -0.1) is 0 Å². The Labute approximate surface area is 147 Å². The molecular formula is C16H22N4O4S. The maximum atomic E-state index is 13.2. The Bertz CT molecular complexity index is 783. The lowest BCUT2D eigenvalue weighted by atomic mass is 10.1. The average molecular weight is 366 g/mol. The first-order valence-corrected chi connectivity index (χ1v) is 9.25. The van der Waals surface area contributed by atoms with Crippen molar-refractivity contribution < 1.29 is 18.3 Å². The van der Waals surface area contributed by atoms with Gasteiger partial charge in [0.15, 0.2) is 0 Å². The van der Waals surface area contributed by atoms with Crippen molar-refractivity contribution in [2.24, 2.45) is 5.11 Å². The molecule has 9 heteroatoms. The Kier molecular flexibility index (Phi) is 5.87. The minimum Gasteiger partial charge on any atom is -0.392 e. The summed E-state index contributed by atoms with van der Waals surface area (Å²) < 4.78 is 33.5.